The third-order valence-corrected chi connectivity index (χ3v) is 1.94. The van der Waals surface area contributed by atoms with E-state index in [1.165, 1.54) is 0 Å². The number of hydrogen-bond acceptors (Lipinski definition) is 2. The number of nitrogens with two attached hydrogens (primary N) is 1. The van der Waals surface area contributed by atoms with Crippen molar-refractivity contribution in [2.75, 3.05) is 6.54 Å². The highest BCUT2D eigenvalue weighted by atomic mass is 19.4. The van der Waals surface area contributed by atoms with E-state index in [1.54, 1.807) is 0 Å². The average Bonchev–Trinajstić information content (AvgIpc) is 1.93. The van der Waals surface area contributed by atoms with Crippen LogP contribution in [0, 0.1) is 0 Å². The quantitative estimate of drug-likeness (QED) is 0.560. The number of piperidine rings is 1. The van der Waals surface area contributed by atoms with E-state index in [0.29, 0.717) is 0 Å². The summed E-state index contributed by atoms with van der Waals surface area (Å²) in [5, 5.41) is 2.10. The minimum atomic E-state index is -4.66. The summed E-state index contributed by atoms with van der Waals surface area (Å²) in [5.74, 6) is -1.12. The van der Waals surface area contributed by atoms with Crippen LogP contribution in [0.1, 0.15) is 12.8 Å². The molecule has 1 atom stereocenters. The van der Waals surface area contributed by atoms with Crippen LogP contribution in [0.5, 0.6) is 0 Å². The second-order valence-corrected chi connectivity index (χ2v) is 2.83. The molecule has 0 aliphatic carbocycles. The lowest BCUT2D eigenvalue weighted by molar-refractivity contribution is -0.195. The number of halogens is 3. The second kappa shape index (κ2) is 2.62. The number of hydrogen-bond donors (Lipinski definition) is 2. The van der Waals surface area contributed by atoms with Crippen molar-refractivity contribution in [3.8, 4) is 0 Å². The first kappa shape index (κ1) is 9.31. The molecule has 3 nitrogen and oxygen atoms in total. The molecule has 0 spiro atoms. The Balaban J connectivity index is 2.87. The molecule has 1 heterocycles. The Labute approximate surface area is 67.1 Å². The molecule has 0 unspecified atom stereocenters. The third-order valence-electron chi connectivity index (χ3n) is 1.94. The maximum atomic E-state index is 12.2. The van der Waals surface area contributed by atoms with Gasteiger partial charge in [0.05, 0.1) is 0 Å². The second-order valence-electron chi connectivity index (χ2n) is 2.83. The summed E-state index contributed by atoms with van der Waals surface area (Å²) in [6.07, 6.45) is -4.72. The van der Waals surface area contributed by atoms with Crippen LogP contribution in [0.25, 0.3) is 0 Å². The fourth-order valence-electron chi connectivity index (χ4n) is 1.11. The van der Waals surface area contributed by atoms with Crippen LogP contribution < -0.4 is 11.1 Å². The summed E-state index contributed by atoms with van der Waals surface area (Å²) in [7, 11) is 0. The first-order valence-corrected chi connectivity index (χ1v) is 3.52. The number of carbonyl (C=O) groups is 1. The molecule has 12 heavy (non-hydrogen) atoms. The zero-order valence-corrected chi connectivity index (χ0v) is 6.24. The lowest BCUT2D eigenvalue weighted by atomic mass is 9.90. The Morgan fingerprint density at radius 1 is 1.50 bits per heavy atom. The zero-order chi connectivity index (χ0) is 9.41. The Hall–Kier alpha value is -0.780. The van der Waals surface area contributed by atoms with Gasteiger partial charge in [0.15, 0.2) is 5.54 Å². The van der Waals surface area contributed by atoms with Crippen molar-refractivity contribution in [2.24, 2.45) is 5.73 Å². The standard InChI is InChI=1S/C6H9F3N2O/c7-6(8,9)5(10)2-1-3-11-4(5)12/h1-3,10H2,(H,11,12)/t5-/m1/s1. The smallest absolute Gasteiger partial charge is 0.354 e. The Kier molecular flexibility index (Phi) is 2.03. The topological polar surface area (TPSA) is 55.1 Å². The summed E-state index contributed by atoms with van der Waals surface area (Å²) in [6.45, 7) is 0.272. The Morgan fingerprint density at radius 2 is 2.08 bits per heavy atom. The van der Waals surface area contributed by atoms with E-state index in [4.69, 9.17) is 5.73 Å². The Morgan fingerprint density at radius 3 is 2.42 bits per heavy atom. The summed E-state index contributed by atoms with van der Waals surface area (Å²) >= 11 is 0. The molecule has 3 N–H and O–H groups in total. The molecule has 6 heteroatoms. The maximum Gasteiger partial charge on any atom is 0.415 e. The molecule has 1 saturated heterocycles. The van der Waals surface area contributed by atoms with Crippen molar-refractivity contribution >= 4 is 5.91 Å². The normalized spacial score (nSPS) is 31.5. The molecule has 0 bridgehead atoms. The highest BCUT2D eigenvalue weighted by Gasteiger charge is 2.58. The predicted molar refractivity (Wildman–Crippen MR) is 35.2 cm³/mol. The van der Waals surface area contributed by atoms with Crippen molar-refractivity contribution in [1.29, 1.82) is 0 Å². The minimum absolute atomic E-state index is 0.266. The molecule has 1 aliphatic heterocycles. The van der Waals surface area contributed by atoms with Gasteiger partial charge in [-0.1, -0.05) is 0 Å². The first-order valence-electron chi connectivity index (χ1n) is 3.52. The molecule has 0 aromatic heterocycles. The summed E-state index contributed by atoms with van der Waals surface area (Å²) < 4.78 is 36.6. The van der Waals surface area contributed by atoms with Crippen LogP contribution in [-0.2, 0) is 4.79 Å². The molecular weight excluding hydrogens is 173 g/mol. The van der Waals surface area contributed by atoms with Crippen LogP contribution >= 0.6 is 0 Å². The van der Waals surface area contributed by atoms with Crippen molar-refractivity contribution in [3.05, 3.63) is 0 Å². The van der Waals surface area contributed by atoms with Crippen LogP contribution in [0.2, 0.25) is 0 Å². The Bertz CT molecular complexity index is 203. The summed E-state index contributed by atoms with van der Waals surface area (Å²) in [6, 6.07) is 0. The lowest BCUT2D eigenvalue weighted by Crippen LogP contribution is -2.65. The predicted octanol–water partition coefficient (Wildman–Crippen LogP) is 0.156. The molecular formula is C6H9F3N2O. The highest BCUT2D eigenvalue weighted by Crippen LogP contribution is 2.33. The SMILES string of the molecule is N[C@]1(C(F)(F)F)CCCNC1=O. The van der Waals surface area contributed by atoms with Crippen molar-refractivity contribution in [1.82, 2.24) is 5.32 Å². The molecule has 70 valence electrons. The molecule has 1 rings (SSSR count). The van der Waals surface area contributed by atoms with Crippen LogP contribution in [0.4, 0.5) is 13.2 Å². The van der Waals surface area contributed by atoms with E-state index in [-0.39, 0.29) is 19.4 Å². The summed E-state index contributed by atoms with van der Waals surface area (Å²) in [5.41, 5.74) is 2.27. The van der Waals surface area contributed by atoms with Gasteiger partial charge in [-0.15, -0.1) is 0 Å². The number of carbonyl (C=O) groups excluding carboxylic acids is 1. The fraction of sp³-hybridized carbons (Fsp3) is 0.833. The lowest BCUT2D eigenvalue weighted by Gasteiger charge is -2.33. The van der Waals surface area contributed by atoms with Gasteiger partial charge in [0.2, 0.25) is 5.91 Å². The third kappa shape index (κ3) is 1.26. The van der Waals surface area contributed by atoms with Crippen molar-refractivity contribution in [2.45, 2.75) is 24.6 Å². The molecule has 0 radical (unpaired) electrons. The molecule has 0 aromatic rings. The van der Waals surface area contributed by atoms with Gasteiger partial charge < -0.3 is 11.1 Å². The maximum absolute atomic E-state index is 12.2. The van der Waals surface area contributed by atoms with Gasteiger partial charge in [-0.25, -0.2) is 0 Å². The van der Waals surface area contributed by atoms with Gasteiger partial charge in [-0.2, -0.15) is 13.2 Å². The van der Waals surface area contributed by atoms with Crippen molar-refractivity contribution in [3.63, 3.8) is 0 Å². The molecule has 1 aliphatic rings. The number of amides is 1. The zero-order valence-electron chi connectivity index (χ0n) is 6.24. The van der Waals surface area contributed by atoms with E-state index >= 15 is 0 Å². The van der Waals surface area contributed by atoms with Crippen molar-refractivity contribution < 1.29 is 18.0 Å². The van der Waals surface area contributed by atoms with E-state index < -0.39 is 17.6 Å². The van der Waals surface area contributed by atoms with Gasteiger partial charge in [-0.3, -0.25) is 4.79 Å². The average molecular weight is 182 g/mol. The number of alkyl halides is 3. The van der Waals surface area contributed by atoms with Crippen LogP contribution in [0.3, 0.4) is 0 Å². The van der Waals surface area contributed by atoms with Gasteiger partial charge >= 0.3 is 6.18 Å². The number of nitrogens with one attached hydrogen (secondary N) is 1. The fourth-order valence-corrected chi connectivity index (χ4v) is 1.11. The summed E-state index contributed by atoms with van der Waals surface area (Å²) in [4.78, 5) is 10.8. The largest absolute Gasteiger partial charge is 0.415 e. The van der Waals surface area contributed by atoms with Gasteiger partial charge in [0.25, 0.3) is 0 Å². The van der Waals surface area contributed by atoms with Crippen LogP contribution in [-0.4, -0.2) is 24.2 Å². The number of rotatable bonds is 0. The van der Waals surface area contributed by atoms with Gasteiger partial charge in [-0.05, 0) is 12.8 Å². The molecule has 1 amide bonds. The van der Waals surface area contributed by atoms with E-state index in [2.05, 4.69) is 5.32 Å². The monoisotopic (exact) mass is 182 g/mol. The minimum Gasteiger partial charge on any atom is -0.354 e. The van der Waals surface area contributed by atoms with E-state index in [1.807, 2.05) is 0 Å². The molecule has 1 fully saturated rings. The van der Waals surface area contributed by atoms with Crippen LogP contribution in [0.15, 0.2) is 0 Å². The van der Waals surface area contributed by atoms with Gasteiger partial charge in [0, 0.05) is 6.54 Å². The highest BCUT2D eigenvalue weighted by molar-refractivity contribution is 5.87. The first-order chi connectivity index (χ1) is 5.38. The van der Waals surface area contributed by atoms with Gasteiger partial charge in [0.1, 0.15) is 0 Å². The van der Waals surface area contributed by atoms with E-state index in [9.17, 15) is 18.0 Å². The molecule has 0 aromatic carbocycles. The van der Waals surface area contributed by atoms with E-state index in [0.717, 1.165) is 0 Å². The molecule has 0 saturated carbocycles.